The summed E-state index contributed by atoms with van der Waals surface area (Å²) in [7, 11) is 1.28. The van der Waals surface area contributed by atoms with Crippen molar-refractivity contribution in [3.8, 4) is 5.75 Å². The average Bonchev–Trinajstić information content (AvgIpc) is 2.73. The molecular formula is C21H15F3N4O3. The Morgan fingerprint density at radius 1 is 1.19 bits per heavy atom. The molecule has 0 spiro atoms. The van der Waals surface area contributed by atoms with Gasteiger partial charge in [0.05, 0.1) is 31.5 Å². The number of fused-ring (bicyclic) bond motifs is 1. The molecule has 0 fully saturated rings. The smallest absolute Gasteiger partial charge is 0.316 e. The number of rotatable bonds is 4. The van der Waals surface area contributed by atoms with E-state index in [4.69, 9.17) is 4.74 Å². The van der Waals surface area contributed by atoms with E-state index < -0.39 is 23.0 Å². The molecule has 1 aromatic heterocycles. The summed E-state index contributed by atoms with van der Waals surface area (Å²) in [6.45, 7) is -0.159. The van der Waals surface area contributed by atoms with Crippen LogP contribution in [0.2, 0.25) is 0 Å². The molecule has 1 N–H and O–H groups in total. The van der Waals surface area contributed by atoms with E-state index in [-0.39, 0.29) is 35.6 Å². The largest absolute Gasteiger partial charge is 0.490 e. The highest BCUT2D eigenvalue weighted by Gasteiger charge is 2.24. The van der Waals surface area contributed by atoms with Crippen LogP contribution in [0.25, 0.3) is 0 Å². The number of hydrogen-bond acceptors (Lipinski definition) is 5. The lowest BCUT2D eigenvalue weighted by molar-refractivity contribution is -0.116. The standard InChI is InChI=1S/C21H15F3N4O3/c1-31-17-10-28(9-11-7-13(22)19(24)14(23)8-11)21(27-20(17)30)26-16-4-2-3-15-12(16)5-6-18(29)25-15/h2-8,10,12H,9H2,1H3,(H,25,29)/b26-16+. The molecule has 1 atom stereocenters. The third kappa shape index (κ3) is 4.04. The second-order valence-electron chi connectivity index (χ2n) is 6.76. The highest BCUT2D eigenvalue weighted by Crippen LogP contribution is 2.24. The number of halogens is 3. The fraction of sp³-hybridized carbons (Fsp3) is 0.143. The van der Waals surface area contributed by atoms with Crippen molar-refractivity contribution in [2.45, 2.75) is 6.54 Å². The number of nitrogens with one attached hydrogen (secondary N) is 1. The molecule has 2 heterocycles. The predicted molar refractivity (Wildman–Crippen MR) is 106 cm³/mol. The number of amides is 1. The summed E-state index contributed by atoms with van der Waals surface area (Å²) in [6.07, 6.45) is 9.42. The van der Waals surface area contributed by atoms with Crippen molar-refractivity contribution in [3.05, 3.63) is 87.8 Å². The Bertz CT molecular complexity index is 1240. The molecule has 4 rings (SSSR count). The Balaban J connectivity index is 1.79. The number of nitrogens with zero attached hydrogens (tertiary/aromatic N) is 3. The summed E-state index contributed by atoms with van der Waals surface area (Å²) < 4.78 is 46.9. The van der Waals surface area contributed by atoms with Crippen LogP contribution in [0.5, 0.6) is 5.75 Å². The van der Waals surface area contributed by atoms with E-state index in [1.165, 1.54) is 23.9 Å². The zero-order valence-corrected chi connectivity index (χ0v) is 16.1. The Kier molecular flexibility index (Phi) is 5.28. The monoisotopic (exact) mass is 428 g/mol. The molecule has 0 radical (unpaired) electrons. The molecule has 10 heteroatoms. The molecule has 1 aliphatic heterocycles. The van der Waals surface area contributed by atoms with Crippen molar-refractivity contribution in [1.82, 2.24) is 14.9 Å². The fourth-order valence-corrected chi connectivity index (χ4v) is 3.23. The minimum Gasteiger partial charge on any atom is -0.490 e. The quantitative estimate of drug-likeness (QED) is 0.759. The van der Waals surface area contributed by atoms with Crippen LogP contribution in [-0.4, -0.2) is 28.3 Å². The maximum atomic E-state index is 13.6. The van der Waals surface area contributed by atoms with Gasteiger partial charge < -0.3 is 14.6 Å². The van der Waals surface area contributed by atoms with Gasteiger partial charge in [0.25, 0.3) is 0 Å². The Morgan fingerprint density at radius 2 is 1.94 bits per heavy atom. The van der Waals surface area contributed by atoms with E-state index >= 15 is 0 Å². The predicted octanol–water partition coefficient (Wildman–Crippen LogP) is 2.55. The molecule has 0 bridgehead atoms. The van der Waals surface area contributed by atoms with Gasteiger partial charge >= 0.3 is 5.56 Å². The minimum atomic E-state index is -1.57. The number of methoxy groups -OCH3 is 1. The summed E-state index contributed by atoms with van der Waals surface area (Å²) >= 11 is 0. The van der Waals surface area contributed by atoms with Gasteiger partial charge in [-0.1, -0.05) is 12.2 Å². The van der Waals surface area contributed by atoms with Crippen LogP contribution in [0.3, 0.4) is 0 Å². The van der Waals surface area contributed by atoms with E-state index in [0.29, 0.717) is 11.4 Å². The van der Waals surface area contributed by atoms with Gasteiger partial charge in [-0.15, -0.1) is 0 Å². The molecule has 0 saturated carbocycles. The highest BCUT2D eigenvalue weighted by molar-refractivity contribution is 6.05. The number of aromatic nitrogens is 2. The summed E-state index contributed by atoms with van der Waals surface area (Å²) in [5.41, 5.74) is 0.502. The zero-order valence-electron chi connectivity index (χ0n) is 16.1. The van der Waals surface area contributed by atoms with E-state index in [1.807, 2.05) is 0 Å². The molecule has 0 saturated heterocycles. The van der Waals surface area contributed by atoms with Crippen LogP contribution < -0.4 is 15.6 Å². The Morgan fingerprint density at radius 3 is 2.65 bits per heavy atom. The van der Waals surface area contributed by atoms with Crippen molar-refractivity contribution in [1.29, 1.82) is 0 Å². The van der Waals surface area contributed by atoms with Crippen LogP contribution in [0.1, 0.15) is 5.56 Å². The van der Waals surface area contributed by atoms with E-state index in [2.05, 4.69) is 15.3 Å². The summed E-state index contributed by atoms with van der Waals surface area (Å²) in [6, 6.07) is 1.70. The lowest BCUT2D eigenvalue weighted by Crippen LogP contribution is -2.33. The summed E-state index contributed by atoms with van der Waals surface area (Å²) in [5.74, 6) is -5.03. The van der Waals surface area contributed by atoms with Gasteiger partial charge in [-0.2, -0.15) is 4.98 Å². The zero-order chi connectivity index (χ0) is 22.1. The molecule has 1 amide bonds. The van der Waals surface area contributed by atoms with Gasteiger partial charge in [0.1, 0.15) is 0 Å². The molecule has 1 aromatic carbocycles. The number of carbonyl (C=O) groups excluding carboxylic acids is 1. The molecule has 31 heavy (non-hydrogen) atoms. The first-order valence-corrected chi connectivity index (χ1v) is 9.10. The highest BCUT2D eigenvalue weighted by atomic mass is 19.2. The molecular weight excluding hydrogens is 413 g/mol. The van der Waals surface area contributed by atoms with Crippen molar-refractivity contribution in [2.75, 3.05) is 7.11 Å². The molecule has 7 nitrogen and oxygen atoms in total. The van der Waals surface area contributed by atoms with E-state index in [1.54, 1.807) is 24.3 Å². The van der Waals surface area contributed by atoms with Gasteiger partial charge in [0, 0.05) is 11.8 Å². The molecule has 1 aliphatic carbocycles. The van der Waals surface area contributed by atoms with Crippen molar-refractivity contribution in [2.24, 2.45) is 10.9 Å². The van der Waals surface area contributed by atoms with E-state index in [9.17, 15) is 22.8 Å². The van der Waals surface area contributed by atoms with E-state index in [0.717, 1.165) is 12.1 Å². The average molecular weight is 428 g/mol. The van der Waals surface area contributed by atoms with Gasteiger partial charge in [0.15, 0.2) is 17.5 Å². The minimum absolute atomic E-state index is 0.0536. The summed E-state index contributed by atoms with van der Waals surface area (Å²) in [4.78, 5) is 32.1. The fourth-order valence-electron chi connectivity index (χ4n) is 3.23. The van der Waals surface area contributed by atoms with Crippen LogP contribution in [-0.2, 0) is 11.3 Å². The summed E-state index contributed by atoms with van der Waals surface area (Å²) in [5, 5.41) is 2.71. The first kappa shape index (κ1) is 20.3. The maximum Gasteiger partial charge on any atom is 0.316 e. The van der Waals surface area contributed by atoms with Crippen molar-refractivity contribution >= 4 is 17.6 Å². The number of carbonyl (C=O) groups is 1. The molecule has 158 valence electrons. The van der Waals surface area contributed by atoms with Crippen LogP contribution >= 0.6 is 0 Å². The third-order valence-electron chi connectivity index (χ3n) is 4.69. The van der Waals surface area contributed by atoms with Crippen LogP contribution in [0.15, 0.2) is 64.2 Å². The van der Waals surface area contributed by atoms with Gasteiger partial charge in [-0.05, 0) is 29.8 Å². The van der Waals surface area contributed by atoms with Crippen LogP contribution in [0.4, 0.5) is 19.1 Å². The van der Waals surface area contributed by atoms with Crippen LogP contribution in [0, 0.1) is 23.4 Å². The number of ether oxygens (including phenoxy) is 1. The van der Waals surface area contributed by atoms with Crippen molar-refractivity contribution < 1.29 is 22.7 Å². The first-order valence-electron chi connectivity index (χ1n) is 9.10. The Labute approximate surface area is 173 Å². The number of hydrogen-bond donors (Lipinski definition) is 1. The maximum absolute atomic E-state index is 13.6. The molecule has 1 unspecified atom stereocenters. The first-order chi connectivity index (χ1) is 14.9. The molecule has 2 aliphatic rings. The number of allylic oxidation sites excluding steroid dienone is 4. The topological polar surface area (TPSA) is 85.6 Å². The second-order valence-corrected chi connectivity index (χ2v) is 6.76. The van der Waals surface area contributed by atoms with Gasteiger partial charge in [-0.25, -0.2) is 18.2 Å². The van der Waals surface area contributed by atoms with Gasteiger partial charge in [-0.3, -0.25) is 9.59 Å². The molecule has 2 aromatic rings. The lowest BCUT2D eigenvalue weighted by Gasteiger charge is -2.24. The number of benzene rings is 1. The normalized spacial score (nSPS) is 18.6. The van der Waals surface area contributed by atoms with Crippen molar-refractivity contribution in [3.63, 3.8) is 0 Å². The Hall–Kier alpha value is -3.95. The third-order valence-corrected chi connectivity index (χ3v) is 4.69. The van der Waals surface area contributed by atoms with Gasteiger partial charge in [0.2, 0.25) is 17.6 Å². The SMILES string of the molecule is COc1cn(Cc2cc(F)c(F)c(F)c2)c(/N=C2\C=CC=C3NC(=O)C=CC32)nc1=O. The lowest BCUT2D eigenvalue weighted by atomic mass is 9.92. The second kappa shape index (κ2) is 8.05. The number of aliphatic imine (C=N–C) groups is 1.